The van der Waals surface area contributed by atoms with E-state index in [1.807, 2.05) is 44.2 Å². The number of amides is 5. The number of hydrogen-bond donors (Lipinski definition) is 6. The van der Waals surface area contributed by atoms with Crippen molar-refractivity contribution in [2.45, 2.75) is 110 Å². The van der Waals surface area contributed by atoms with Crippen LogP contribution in [0.5, 0.6) is 0 Å². The number of carbonyl (C=O) groups is 5. The zero-order valence-electron chi connectivity index (χ0n) is 31.6. The molecule has 0 bridgehead atoms. The number of carbonyl (C=O) groups excluding carboxylic acids is 5. The fourth-order valence-electron chi connectivity index (χ4n) is 5.65. The summed E-state index contributed by atoms with van der Waals surface area (Å²) in [6, 6.07) is 8.17. The molecule has 13 nitrogen and oxygen atoms in total. The Morgan fingerprint density at radius 2 is 1.55 bits per heavy atom. The molecule has 0 spiro atoms. The molecule has 0 aliphatic carbocycles. The summed E-state index contributed by atoms with van der Waals surface area (Å²) in [5.41, 5.74) is 6.00. The second kappa shape index (κ2) is 23.4. The van der Waals surface area contributed by atoms with Crippen molar-refractivity contribution in [3.63, 3.8) is 0 Å². The molecule has 5 amide bonds. The van der Waals surface area contributed by atoms with Crippen LogP contribution >= 0.6 is 10.3 Å². The van der Waals surface area contributed by atoms with Gasteiger partial charge >= 0.3 is 0 Å². The van der Waals surface area contributed by atoms with E-state index in [0.29, 0.717) is 43.2 Å². The van der Waals surface area contributed by atoms with Crippen molar-refractivity contribution in [1.82, 2.24) is 26.6 Å². The van der Waals surface area contributed by atoms with E-state index in [1.54, 1.807) is 0 Å². The van der Waals surface area contributed by atoms with Gasteiger partial charge in [0.15, 0.2) is 0 Å². The van der Waals surface area contributed by atoms with Crippen molar-refractivity contribution in [2.24, 2.45) is 17.6 Å². The lowest BCUT2D eigenvalue weighted by Crippen LogP contribution is -2.50. The maximum atomic E-state index is 12.6. The van der Waals surface area contributed by atoms with Gasteiger partial charge in [0.2, 0.25) is 29.5 Å². The van der Waals surface area contributed by atoms with Crippen LogP contribution in [0.25, 0.3) is 0 Å². The zero-order valence-corrected chi connectivity index (χ0v) is 32.4. The van der Waals surface area contributed by atoms with Crippen molar-refractivity contribution in [2.75, 3.05) is 44.5 Å². The smallest absolute Gasteiger partial charge is 0.243 e. The molecule has 5 atom stereocenters. The van der Waals surface area contributed by atoms with Crippen LogP contribution in [0.1, 0.15) is 85.6 Å². The van der Waals surface area contributed by atoms with Crippen LogP contribution in [0.3, 0.4) is 0 Å². The molecule has 1 fully saturated rings. The van der Waals surface area contributed by atoms with E-state index < -0.39 is 28.2 Å². The Morgan fingerprint density at radius 1 is 0.863 bits per heavy atom. The van der Waals surface area contributed by atoms with Crippen LogP contribution < -0.4 is 32.3 Å². The number of nitrogens with two attached hydrogens (primary N) is 1. The molecule has 1 saturated heterocycles. The van der Waals surface area contributed by atoms with Crippen molar-refractivity contribution in [3.05, 3.63) is 35.9 Å². The predicted octanol–water partition coefficient (Wildman–Crippen LogP) is 2.66. The van der Waals surface area contributed by atoms with Gasteiger partial charge < -0.3 is 35.9 Å². The summed E-state index contributed by atoms with van der Waals surface area (Å²) < 4.78 is 12.0. The van der Waals surface area contributed by atoms with Gasteiger partial charge in [-0.3, -0.25) is 29.3 Å². The summed E-state index contributed by atoms with van der Waals surface area (Å²) in [5.74, 6) is 1.28. The van der Waals surface area contributed by atoms with Crippen LogP contribution in [0.15, 0.2) is 30.3 Å². The first kappa shape index (κ1) is 44.0. The molecule has 3 unspecified atom stereocenters. The minimum absolute atomic E-state index is 0.0356. The highest BCUT2D eigenvalue weighted by molar-refractivity contribution is 8.31. The Hall–Kier alpha value is -3.20. The first-order valence-corrected chi connectivity index (χ1v) is 20.4. The van der Waals surface area contributed by atoms with E-state index in [1.165, 1.54) is 6.42 Å². The molecule has 1 aromatic carbocycles. The molecule has 0 radical (unpaired) electrons. The Kier molecular flexibility index (Phi) is 20.2. The Bertz CT molecular complexity index is 1240. The third-order valence-corrected chi connectivity index (χ3v) is 13.4. The zero-order chi connectivity index (χ0) is 37.8. The summed E-state index contributed by atoms with van der Waals surface area (Å²) in [6.45, 7) is 14.0. The number of primary amides is 1. The van der Waals surface area contributed by atoms with Gasteiger partial charge in [-0.15, -0.1) is 10.3 Å². The van der Waals surface area contributed by atoms with Gasteiger partial charge in [0, 0.05) is 49.8 Å². The molecular weight excluding hydrogens is 673 g/mol. The van der Waals surface area contributed by atoms with E-state index in [9.17, 15) is 24.0 Å². The van der Waals surface area contributed by atoms with Crippen molar-refractivity contribution in [1.29, 1.82) is 0 Å². The Balaban J connectivity index is 1.62. The van der Waals surface area contributed by atoms with Crippen molar-refractivity contribution in [3.8, 4) is 0 Å². The van der Waals surface area contributed by atoms with Crippen LogP contribution in [-0.2, 0) is 39.3 Å². The predicted molar refractivity (Wildman–Crippen MR) is 203 cm³/mol. The maximum absolute atomic E-state index is 12.6. The highest BCUT2D eigenvalue weighted by Crippen LogP contribution is 2.65. The molecule has 51 heavy (non-hydrogen) atoms. The number of hydrogen-bond acceptors (Lipinski definition) is 8. The van der Waals surface area contributed by atoms with Gasteiger partial charge in [0.05, 0.1) is 32.0 Å². The second-order valence-electron chi connectivity index (χ2n) is 14.2. The minimum atomic E-state index is -1.06. The number of nitrogens with one attached hydrogen (secondary N) is 5. The molecule has 1 heterocycles. The number of benzene rings is 1. The molecule has 14 heteroatoms. The minimum Gasteiger partial charge on any atom is -0.368 e. The highest BCUT2D eigenvalue weighted by atomic mass is 32.3. The summed E-state index contributed by atoms with van der Waals surface area (Å²) in [6.07, 6.45) is 3.78. The monoisotopic (exact) mass is 736 g/mol. The fraction of sp³-hybridized carbons (Fsp3) is 0.703. The fourth-order valence-corrected chi connectivity index (χ4v) is 9.82. The summed E-state index contributed by atoms with van der Waals surface area (Å²) in [4.78, 5) is 61.4. The molecule has 1 aliphatic heterocycles. The number of ether oxygens (including phenoxy) is 1. The van der Waals surface area contributed by atoms with Crippen molar-refractivity contribution < 1.29 is 32.9 Å². The van der Waals surface area contributed by atoms with E-state index in [2.05, 4.69) is 54.3 Å². The lowest BCUT2D eigenvalue weighted by Gasteiger charge is -2.58. The lowest BCUT2D eigenvalue weighted by atomic mass is 10.0. The quantitative estimate of drug-likeness (QED) is 0.0618. The third-order valence-electron chi connectivity index (χ3n) is 9.07. The third kappa shape index (κ3) is 17.2. The van der Waals surface area contributed by atoms with Crippen molar-refractivity contribution >= 4 is 39.8 Å². The van der Waals surface area contributed by atoms with E-state index in [4.69, 9.17) is 14.7 Å². The van der Waals surface area contributed by atoms with Gasteiger partial charge in [0.25, 0.3) is 0 Å². The topological polar surface area (TPSA) is 190 Å². The molecule has 0 aromatic heterocycles. The number of rotatable bonds is 26. The van der Waals surface area contributed by atoms with Gasteiger partial charge in [-0.2, -0.15) is 0 Å². The molecule has 2 rings (SSSR count). The van der Waals surface area contributed by atoms with Gasteiger partial charge in [-0.1, -0.05) is 65.0 Å². The lowest BCUT2D eigenvalue weighted by molar-refractivity contribution is -0.130. The van der Waals surface area contributed by atoms with E-state index in [0.717, 1.165) is 23.5 Å². The first-order chi connectivity index (χ1) is 24.2. The van der Waals surface area contributed by atoms with Gasteiger partial charge in [-0.05, 0) is 49.3 Å². The maximum Gasteiger partial charge on any atom is 0.243 e. The highest BCUT2D eigenvalue weighted by Gasteiger charge is 2.45. The molecular formula is C37H64N6O7S. The normalized spacial score (nSPS) is 20.8. The average molecular weight is 737 g/mol. The standard InChI is InChI=1S/C37H64N6O7S/c1-26(2)17-21-51(29(6)28(5)50-51)20-11-18-40-34(45)14-10-15-35(46)43-32(27(3)4)24-49-25-39-19-16-36(47)42-31(37(48)41-23-33(38)44)22-30-12-8-7-9-13-30/h7-9,12-13,26-29,31-32,39H,10-11,14-25H2,1-6H3,(H2,38,44)(H,40,45)(H,41,48)(H,42,47)(H,43,46)/t28?,29?,31-,32+/m0/s1. The summed E-state index contributed by atoms with van der Waals surface area (Å²) in [7, 11) is -1.06. The molecule has 1 aromatic rings. The second-order valence-corrected chi connectivity index (χ2v) is 17.7. The Morgan fingerprint density at radius 3 is 2.18 bits per heavy atom. The summed E-state index contributed by atoms with van der Waals surface area (Å²) >= 11 is 0. The largest absolute Gasteiger partial charge is 0.368 e. The molecule has 7 N–H and O–H groups in total. The SMILES string of the molecule is CC(C)CCS1(CCCNC(=O)CCCC(=O)N[C@H](COCNCCC(=O)N[C@@H](Cc2ccccc2)C(=O)NCC(N)=O)C(C)C)OC(C)C1C. The summed E-state index contributed by atoms with van der Waals surface area (Å²) in [5, 5.41) is 14.9. The van der Waals surface area contributed by atoms with Gasteiger partial charge in [0.1, 0.15) is 6.04 Å². The van der Waals surface area contributed by atoms with Gasteiger partial charge in [-0.25, -0.2) is 0 Å². The Labute approximate surface area is 306 Å². The molecule has 1 aliphatic rings. The van der Waals surface area contributed by atoms with Crippen LogP contribution in [0.2, 0.25) is 0 Å². The average Bonchev–Trinajstić information content (AvgIpc) is 3.08. The molecule has 0 saturated carbocycles. The van der Waals surface area contributed by atoms with Crippen LogP contribution in [0.4, 0.5) is 0 Å². The van der Waals surface area contributed by atoms with E-state index in [-0.39, 0.29) is 68.8 Å². The first-order valence-electron chi connectivity index (χ1n) is 18.4. The van der Waals surface area contributed by atoms with Crippen LogP contribution in [-0.4, -0.2) is 97.5 Å². The van der Waals surface area contributed by atoms with E-state index >= 15 is 0 Å². The molecule has 290 valence electrons. The van der Waals surface area contributed by atoms with Crippen LogP contribution in [0, 0.1) is 11.8 Å².